The fourth-order valence-electron chi connectivity index (χ4n) is 1.87. The normalized spacial score (nSPS) is 11.1. The molecule has 0 bridgehead atoms. The first kappa shape index (κ1) is 15.5. The molecule has 0 spiro atoms. The summed E-state index contributed by atoms with van der Waals surface area (Å²) < 4.78 is 27.8. The highest BCUT2D eigenvalue weighted by molar-refractivity contribution is 9.10. The number of nitrogens with zero attached hydrogens (tertiary/aromatic N) is 2. The summed E-state index contributed by atoms with van der Waals surface area (Å²) in [4.78, 5) is 0.120. The summed E-state index contributed by atoms with van der Waals surface area (Å²) in [5, 5.41) is 15.5. The topological polar surface area (TPSA) is 98.6 Å². The van der Waals surface area contributed by atoms with Gasteiger partial charge in [0.25, 0.3) is 10.0 Å². The van der Waals surface area contributed by atoms with Crippen LogP contribution in [0.4, 0.5) is 5.82 Å². The summed E-state index contributed by atoms with van der Waals surface area (Å²) in [5.74, 6) is 0.218. The van der Waals surface area contributed by atoms with E-state index in [2.05, 4.69) is 30.8 Å². The molecule has 8 heteroatoms. The van der Waals surface area contributed by atoms with Gasteiger partial charge >= 0.3 is 0 Å². The van der Waals surface area contributed by atoms with Crippen LogP contribution in [0, 0.1) is 18.3 Å². The van der Waals surface area contributed by atoms with Gasteiger partial charge in [-0.1, -0.05) is 6.92 Å². The Morgan fingerprint density at radius 2 is 2.19 bits per heavy atom. The molecule has 1 heterocycles. The Balaban J connectivity index is 2.39. The van der Waals surface area contributed by atoms with Crippen molar-refractivity contribution in [2.24, 2.45) is 0 Å². The van der Waals surface area contributed by atoms with Gasteiger partial charge in [-0.25, -0.2) is 8.42 Å². The smallest absolute Gasteiger partial charge is 0.263 e. The Kier molecular flexibility index (Phi) is 4.34. The minimum absolute atomic E-state index is 0.120. The molecule has 2 aromatic rings. The van der Waals surface area contributed by atoms with Crippen LogP contribution in [-0.2, 0) is 16.4 Å². The van der Waals surface area contributed by atoms with E-state index < -0.39 is 10.0 Å². The van der Waals surface area contributed by atoms with Crippen LogP contribution in [0.2, 0.25) is 0 Å². The summed E-state index contributed by atoms with van der Waals surface area (Å²) in [7, 11) is -3.76. The van der Waals surface area contributed by atoms with E-state index in [1.54, 1.807) is 6.92 Å². The molecule has 2 N–H and O–H groups in total. The Hall–Kier alpha value is -1.85. The largest absolute Gasteiger partial charge is 0.279 e. The quantitative estimate of drug-likeness (QED) is 0.866. The Morgan fingerprint density at radius 1 is 1.48 bits per heavy atom. The van der Waals surface area contributed by atoms with Crippen molar-refractivity contribution in [3.63, 3.8) is 0 Å². The first-order valence-corrected chi connectivity index (χ1v) is 8.43. The molecule has 0 aliphatic rings. The summed E-state index contributed by atoms with van der Waals surface area (Å²) >= 11 is 3.31. The second-order valence-corrected chi connectivity index (χ2v) is 6.86. The molecule has 0 aliphatic heterocycles. The molecule has 0 unspecified atom stereocenters. The zero-order chi connectivity index (χ0) is 15.6. The maximum Gasteiger partial charge on any atom is 0.263 e. The Morgan fingerprint density at radius 3 is 2.71 bits per heavy atom. The van der Waals surface area contributed by atoms with E-state index in [1.807, 2.05) is 13.0 Å². The van der Waals surface area contributed by atoms with Crippen molar-refractivity contribution in [3.05, 3.63) is 39.5 Å². The number of H-pyrrole nitrogens is 1. The van der Waals surface area contributed by atoms with E-state index in [4.69, 9.17) is 5.26 Å². The first-order chi connectivity index (χ1) is 9.89. The number of benzene rings is 1. The van der Waals surface area contributed by atoms with Gasteiger partial charge in [-0.05, 0) is 53.0 Å². The molecule has 2 rings (SSSR count). The molecule has 0 atom stereocenters. The van der Waals surface area contributed by atoms with Crippen LogP contribution in [0.1, 0.15) is 23.7 Å². The third-order valence-corrected chi connectivity index (χ3v) is 5.31. The minimum atomic E-state index is -3.76. The van der Waals surface area contributed by atoms with Gasteiger partial charge in [0.05, 0.1) is 26.7 Å². The van der Waals surface area contributed by atoms with E-state index in [-0.39, 0.29) is 10.7 Å². The molecule has 1 aromatic carbocycles. The second kappa shape index (κ2) is 5.87. The standard InChI is InChI=1S/C13H13BrN4O2S/c1-3-10-12(14)13(17-16-10)18-21(19,20)11-5-4-9(7-15)6-8(11)2/h4-6H,3H2,1-2H3,(H2,16,17,18). The third kappa shape index (κ3) is 3.09. The van der Waals surface area contributed by atoms with Crippen LogP contribution in [0.15, 0.2) is 27.6 Å². The maximum atomic E-state index is 12.4. The Bertz CT molecular complexity index is 821. The number of aromatic nitrogens is 2. The van der Waals surface area contributed by atoms with E-state index in [0.29, 0.717) is 22.0 Å². The number of hydrogen-bond donors (Lipinski definition) is 2. The summed E-state index contributed by atoms with van der Waals surface area (Å²) in [6, 6.07) is 6.39. The number of hydrogen-bond acceptors (Lipinski definition) is 4. The van der Waals surface area contributed by atoms with Crippen molar-refractivity contribution in [2.75, 3.05) is 4.72 Å². The van der Waals surface area contributed by atoms with Gasteiger partial charge in [-0.3, -0.25) is 9.82 Å². The van der Waals surface area contributed by atoms with Crippen LogP contribution < -0.4 is 4.72 Å². The lowest BCUT2D eigenvalue weighted by molar-refractivity contribution is 0.600. The van der Waals surface area contributed by atoms with Crippen LogP contribution in [-0.4, -0.2) is 18.6 Å². The van der Waals surface area contributed by atoms with E-state index in [1.165, 1.54) is 18.2 Å². The molecular formula is C13H13BrN4O2S. The highest BCUT2D eigenvalue weighted by atomic mass is 79.9. The fraction of sp³-hybridized carbons (Fsp3) is 0.231. The van der Waals surface area contributed by atoms with Crippen LogP contribution in [0.25, 0.3) is 0 Å². The molecule has 0 radical (unpaired) electrons. The number of aryl methyl sites for hydroxylation is 2. The van der Waals surface area contributed by atoms with Crippen molar-refractivity contribution in [3.8, 4) is 6.07 Å². The minimum Gasteiger partial charge on any atom is -0.279 e. The lowest BCUT2D eigenvalue weighted by Crippen LogP contribution is -2.15. The van der Waals surface area contributed by atoms with Gasteiger partial charge in [0.2, 0.25) is 0 Å². The molecule has 1 aromatic heterocycles. The monoisotopic (exact) mass is 368 g/mol. The SMILES string of the molecule is CCc1[nH]nc(NS(=O)(=O)c2ccc(C#N)cc2C)c1Br. The molecule has 6 nitrogen and oxygen atoms in total. The van der Waals surface area contributed by atoms with Crippen molar-refractivity contribution in [1.29, 1.82) is 5.26 Å². The van der Waals surface area contributed by atoms with E-state index in [0.717, 1.165) is 5.69 Å². The zero-order valence-corrected chi connectivity index (χ0v) is 13.8. The van der Waals surface area contributed by atoms with Crippen molar-refractivity contribution in [1.82, 2.24) is 10.2 Å². The molecule has 0 fully saturated rings. The average Bonchev–Trinajstić information content (AvgIpc) is 2.78. The number of halogens is 1. The summed E-state index contributed by atoms with van der Waals surface area (Å²) in [6.45, 7) is 3.58. The van der Waals surface area contributed by atoms with Crippen LogP contribution in [0.5, 0.6) is 0 Å². The number of anilines is 1. The average molecular weight is 369 g/mol. The number of sulfonamides is 1. The number of rotatable bonds is 4. The molecule has 0 saturated carbocycles. The molecular weight excluding hydrogens is 356 g/mol. The zero-order valence-electron chi connectivity index (χ0n) is 11.4. The predicted molar refractivity (Wildman–Crippen MR) is 82.4 cm³/mol. The van der Waals surface area contributed by atoms with Gasteiger partial charge in [0.15, 0.2) is 5.82 Å². The van der Waals surface area contributed by atoms with Gasteiger partial charge in [-0.15, -0.1) is 0 Å². The maximum absolute atomic E-state index is 12.4. The second-order valence-electron chi connectivity index (χ2n) is 4.42. The van der Waals surface area contributed by atoms with Gasteiger partial charge in [0.1, 0.15) is 0 Å². The highest BCUT2D eigenvalue weighted by Crippen LogP contribution is 2.27. The van der Waals surface area contributed by atoms with Gasteiger partial charge in [-0.2, -0.15) is 10.4 Å². The highest BCUT2D eigenvalue weighted by Gasteiger charge is 2.20. The van der Waals surface area contributed by atoms with Crippen molar-refractivity contribution in [2.45, 2.75) is 25.2 Å². The van der Waals surface area contributed by atoms with E-state index in [9.17, 15) is 8.42 Å². The van der Waals surface area contributed by atoms with Crippen LogP contribution >= 0.6 is 15.9 Å². The lowest BCUT2D eigenvalue weighted by atomic mass is 10.2. The number of aromatic amines is 1. The fourth-order valence-corrected chi connectivity index (χ4v) is 3.80. The van der Waals surface area contributed by atoms with Crippen molar-refractivity contribution >= 4 is 31.8 Å². The molecule has 0 saturated heterocycles. The molecule has 0 amide bonds. The molecule has 0 aliphatic carbocycles. The number of nitrogens with one attached hydrogen (secondary N) is 2. The predicted octanol–water partition coefficient (Wildman–Crippen LogP) is 2.72. The van der Waals surface area contributed by atoms with Gasteiger partial charge in [0, 0.05) is 0 Å². The summed E-state index contributed by atoms with van der Waals surface area (Å²) in [6.07, 6.45) is 0.700. The number of nitriles is 1. The third-order valence-electron chi connectivity index (χ3n) is 2.95. The first-order valence-electron chi connectivity index (χ1n) is 6.15. The van der Waals surface area contributed by atoms with E-state index >= 15 is 0 Å². The molecule has 110 valence electrons. The Labute approximate surface area is 131 Å². The summed E-state index contributed by atoms with van der Waals surface area (Å²) in [5.41, 5.74) is 1.73. The van der Waals surface area contributed by atoms with Gasteiger partial charge < -0.3 is 0 Å². The van der Waals surface area contributed by atoms with Crippen LogP contribution in [0.3, 0.4) is 0 Å². The molecule has 21 heavy (non-hydrogen) atoms. The lowest BCUT2D eigenvalue weighted by Gasteiger charge is -2.09. The van der Waals surface area contributed by atoms with Crippen molar-refractivity contribution < 1.29 is 8.42 Å².